The summed E-state index contributed by atoms with van der Waals surface area (Å²) >= 11 is 1.13. The van der Waals surface area contributed by atoms with Gasteiger partial charge in [-0.15, -0.1) is 30.0 Å². The van der Waals surface area contributed by atoms with E-state index in [0.29, 0.717) is 21.4 Å². The summed E-state index contributed by atoms with van der Waals surface area (Å²) < 4.78 is 42.0. The third-order valence-corrected chi connectivity index (χ3v) is 6.58. The quantitative estimate of drug-likeness (QED) is 0.318. The summed E-state index contributed by atoms with van der Waals surface area (Å²) in [7, 11) is 0. The molecule has 0 saturated heterocycles. The first kappa shape index (κ1) is 25.2. The van der Waals surface area contributed by atoms with Crippen LogP contribution in [0.1, 0.15) is 12.0 Å². The van der Waals surface area contributed by atoms with Crippen LogP contribution in [0.2, 0.25) is 0 Å². The zero-order valence-electron chi connectivity index (χ0n) is 18.9. The number of halogens is 3. The summed E-state index contributed by atoms with van der Waals surface area (Å²) in [6.07, 6.45) is -4.61. The number of aromatic nitrogens is 3. The van der Waals surface area contributed by atoms with Gasteiger partial charge < -0.3 is 9.84 Å². The predicted octanol–water partition coefficient (Wildman–Crippen LogP) is 5.30. The second kappa shape index (κ2) is 10.4. The number of fused-ring (bicyclic) bond motifs is 1. The molecule has 0 spiro atoms. The first-order chi connectivity index (χ1) is 17.1. The maximum atomic E-state index is 12.7. The van der Waals surface area contributed by atoms with Gasteiger partial charge in [-0.25, -0.2) is 4.68 Å². The number of benzene rings is 3. The van der Waals surface area contributed by atoms with Crippen molar-refractivity contribution in [2.75, 3.05) is 0 Å². The van der Waals surface area contributed by atoms with E-state index in [1.807, 2.05) is 6.92 Å². The Morgan fingerprint density at radius 2 is 1.69 bits per heavy atom. The highest BCUT2D eigenvalue weighted by Crippen LogP contribution is 2.30. The van der Waals surface area contributed by atoms with E-state index >= 15 is 0 Å². The number of carboxylic acid groups (broad SMARTS) is 1. The van der Waals surface area contributed by atoms with Gasteiger partial charge in [0.15, 0.2) is 0 Å². The molecular formula is C25H20F3N3O4S. The molecule has 1 atom stereocenters. The fourth-order valence-corrected chi connectivity index (χ4v) is 4.49. The van der Waals surface area contributed by atoms with Crippen LogP contribution in [0.15, 0.2) is 76.4 Å². The maximum Gasteiger partial charge on any atom is 0.573 e. The number of alkyl halides is 3. The largest absolute Gasteiger partial charge is 0.573 e. The van der Waals surface area contributed by atoms with Gasteiger partial charge in [0.1, 0.15) is 16.5 Å². The molecular weight excluding hydrogens is 495 g/mol. The lowest BCUT2D eigenvalue weighted by Gasteiger charge is -2.13. The monoisotopic (exact) mass is 515 g/mol. The second-order valence-corrected chi connectivity index (χ2v) is 9.24. The van der Waals surface area contributed by atoms with E-state index in [2.05, 4.69) is 15.0 Å². The highest BCUT2D eigenvalue weighted by atomic mass is 32.2. The average Bonchev–Trinajstić information content (AvgIpc) is 2.82. The first-order valence-corrected chi connectivity index (χ1v) is 11.7. The zero-order valence-corrected chi connectivity index (χ0v) is 19.7. The highest BCUT2D eigenvalue weighted by Gasteiger charge is 2.31. The fraction of sp³-hybridized carbons (Fsp3) is 0.200. The number of carboxylic acids is 1. The third kappa shape index (κ3) is 6.22. The van der Waals surface area contributed by atoms with Crippen LogP contribution in [-0.2, 0) is 11.3 Å². The number of thioether (sulfide) groups is 1. The van der Waals surface area contributed by atoms with Crippen LogP contribution in [0.4, 0.5) is 13.2 Å². The highest BCUT2D eigenvalue weighted by molar-refractivity contribution is 8.00. The van der Waals surface area contributed by atoms with Gasteiger partial charge >= 0.3 is 12.3 Å². The Bertz CT molecular complexity index is 1440. The molecule has 0 amide bonds. The number of ether oxygens (including phenoxy) is 1. The molecule has 0 aliphatic rings. The molecule has 186 valence electrons. The van der Waals surface area contributed by atoms with E-state index in [0.717, 1.165) is 22.9 Å². The van der Waals surface area contributed by atoms with Crippen molar-refractivity contribution in [2.45, 2.75) is 36.4 Å². The lowest BCUT2D eigenvalue weighted by Crippen LogP contribution is -2.27. The Morgan fingerprint density at radius 3 is 2.31 bits per heavy atom. The maximum absolute atomic E-state index is 12.7. The predicted molar refractivity (Wildman–Crippen MR) is 129 cm³/mol. The Labute approximate surface area is 207 Å². The molecule has 1 unspecified atom stereocenters. The average molecular weight is 516 g/mol. The smallest absolute Gasteiger partial charge is 0.480 e. The van der Waals surface area contributed by atoms with Crippen LogP contribution in [0, 0.1) is 6.92 Å². The Balaban J connectivity index is 1.42. The Morgan fingerprint density at radius 1 is 1.06 bits per heavy atom. The molecule has 7 nitrogen and oxygen atoms in total. The molecule has 1 heterocycles. The lowest BCUT2D eigenvalue weighted by molar-refractivity contribution is -0.274. The number of carbonyl (C=O) groups is 1. The molecule has 1 N–H and O–H groups in total. The van der Waals surface area contributed by atoms with E-state index in [9.17, 15) is 27.9 Å². The minimum absolute atomic E-state index is 0.0873. The lowest BCUT2D eigenvalue weighted by atomic mass is 10.1. The van der Waals surface area contributed by atoms with Gasteiger partial charge in [-0.3, -0.25) is 9.59 Å². The fourth-order valence-electron chi connectivity index (χ4n) is 3.54. The summed E-state index contributed by atoms with van der Waals surface area (Å²) in [6, 6.07) is 17.7. The third-order valence-electron chi connectivity index (χ3n) is 5.31. The molecule has 4 rings (SSSR count). The summed E-state index contributed by atoms with van der Waals surface area (Å²) in [5, 5.41) is 17.3. The molecule has 0 radical (unpaired) electrons. The van der Waals surface area contributed by atoms with Crippen LogP contribution in [0.3, 0.4) is 0 Å². The van der Waals surface area contributed by atoms with Crippen LogP contribution in [0.25, 0.3) is 22.0 Å². The van der Waals surface area contributed by atoms with E-state index in [1.54, 1.807) is 42.5 Å². The van der Waals surface area contributed by atoms with Gasteiger partial charge in [-0.1, -0.05) is 35.5 Å². The van der Waals surface area contributed by atoms with Gasteiger partial charge in [-0.05, 0) is 66.4 Å². The summed E-state index contributed by atoms with van der Waals surface area (Å²) in [4.78, 5) is 25.2. The molecule has 3 aromatic carbocycles. The van der Waals surface area contributed by atoms with Gasteiger partial charge in [0.25, 0.3) is 5.56 Å². The standard InChI is InChI=1S/C25H20F3N3O4S/c1-15-2-11-20-21(14-15)29-30-31(23(20)32)13-12-22(24(33)34)36-19-9-5-17(6-10-19)16-3-7-18(8-4-16)35-25(26,27)28/h2-11,14,22H,12-13H2,1H3,(H,33,34). The van der Waals surface area contributed by atoms with Crippen molar-refractivity contribution in [3.05, 3.63) is 82.6 Å². The van der Waals surface area contributed by atoms with Crippen LogP contribution < -0.4 is 10.3 Å². The van der Waals surface area contributed by atoms with Crippen LogP contribution >= 0.6 is 11.8 Å². The number of hydrogen-bond donors (Lipinski definition) is 1. The molecule has 1 aromatic heterocycles. The number of rotatable bonds is 8. The molecule has 0 fully saturated rings. The normalized spacial score (nSPS) is 12.4. The minimum atomic E-state index is -4.76. The molecule has 36 heavy (non-hydrogen) atoms. The van der Waals surface area contributed by atoms with Crippen molar-refractivity contribution >= 4 is 28.6 Å². The number of nitrogens with zero attached hydrogens (tertiary/aromatic N) is 3. The molecule has 0 aliphatic heterocycles. The molecule has 0 bridgehead atoms. The summed E-state index contributed by atoms with van der Waals surface area (Å²) in [5.74, 6) is -1.34. The van der Waals surface area contributed by atoms with Crippen molar-refractivity contribution in [1.29, 1.82) is 0 Å². The van der Waals surface area contributed by atoms with Crippen molar-refractivity contribution in [1.82, 2.24) is 15.0 Å². The van der Waals surface area contributed by atoms with Crippen molar-refractivity contribution in [2.24, 2.45) is 0 Å². The summed E-state index contributed by atoms with van der Waals surface area (Å²) in [6.45, 7) is 1.97. The van der Waals surface area contributed by atoms with Crippen molar-refractivity contribution < 1.29 is 27.8 Å². The minimum Gasteiger partial charge on any atom is -0.480 e. The van der Waals surface area contributed by atoms with E-state index in [-0.39, 0.29) is 24.3 Å². The van der Waals surface area contributed by atoms with Gasteiger partial charge in [0.05, 0.1) is 5.39 Å². The number of aryl methyl sites for hydroxylation is 2. The van der Waals surface area contributed by atoms with E-state index < -0.39 is 17.6 Å². The van der Waals surface area contributed by atoms with Crippen LogP contribution in [0.5, 0.6) is 5.75 Å². The van der Waals surface area contributed by atoms with Crippen molar-refractivity contribution in [3.8, 4) is 16.9 Å². The Hall–Kier alpha value is -3.86. The molecule has 4 aromatic rings. The second-order valence-electron chi connectivity index (χ2n) is 7.97. The van der Waals surface area contributed by atoms with Gasteiger partial charge in [-0.2, -0.15) is 0 Å². The topological polar surface area (TPSA) is 94.3 Å². The number of aliphatic carboxylic acids is 1. The van der Waals surface area contributed by atoms with Crippen LogP contribution in [-0.4, -0.2) is 37.7 Å². The Kier molecular flexibility index (Phi) is 7.30. The molecule has 0 aliphatic carbocycles. The first-order valence-electron chi connectivity index (χ1n) is 10.8. The van der Waals surface area contributed by atoms with Gasteiger partial charge in [0.2, 0.25) is 0 Å². The molecule has 0 saturated carbocycles. The SMILES string of the molecule is Cc1ccc2c(=O)n(CCC(Sc3ccc(-c4ccc(OC(F)(F)F)cc4)cc3)C(=O)O)nnc2c1. The van der Waals surface area contributed by atoms with E-state index in [1.165, 1.54) is 28.9 Å². The zero-order chi connectivity index (χ0) is 25.9. The number of hydrogen-bond acceptors (Lipinski definition) is 6. The van der Waals surface area contributed by atoms with Gasteiger partial charge in [0, 0.05) is 11.4 Å². The van der Waals surface area contributed by atoms with E-state index in [4.69, 9.17) is 0 Å². The molecule has 11 heteroatoms. The van der Waals surface area contributed by atoms with Crippen molar-refractivity contribution in [3.63, 3.8) is 0 Å². The summed E-state index contributed by atoms with van der Waals surface area (Å²) in [5.41, 5.74) is 2.54.